The lowest BCUT2D eigenvalue weighted by Gasteiger charge is -2.53. The van der Waals surface area contributed by atoms with Gasteiger partial charge in [0.15, 0.2) is 0 Å². The number of aromatic amines is 1. The van der Waals surface area contributed by atoms with Crippen LogP contribution >= 0.6 is 0 Å². The molecule has 0 aromatic carbocycles. The molecule has 0 atom stereocenters. The highest BCUT2D eigenvalue weighted by Gasteiger charge is 2.48. The van der Waals surface area contributed by atoms with Gasteiger partial charge in [0, 0.05) is 67.5 Å². The van der Waals surface area contributed by atoms with Gasteiger partial charge in [0.05, 0.1) is 30.7 Å². The Morgan fingerprint density at radius 3 is 1.78 bits per heavy atom. The second-order valence-electron chi connectivity index (χ2n) is 14.8. The number of rotatable bonds is 8. The summed E-state index contributed by atoms with van der Waals surface area (Å²) >= 11 is 0. The summed E-state index contributed by atoms with van der Waals surface area (Å²) in [4.78, 5) is 57.5. The van der Waals surface area contributed by atoms with Crippen LogP contribution in [0.4, 0.5) is 65.9 Å². The van der Waals surface area contributed by atoms with Crippen molar-refractivity contribution in [2.45, 2.75) is 87.2 Å². The smallest absolute Gasteiger partial charge is 0.475 e. The molecular formula is C38H33F15N10O9. The number of aromatic nitrogens is 8. The van der Waals surface area contributed by atoms with Crippen LogP contribution in [0.15, 0.2) is 61.8 Å². The minimum Gasteiger partial charge on any atom is -0.475 e. The van der Waals surface area contributed by atoms with E-state index in [-0.39, 0.29) is 18.5 Å². The average Bonchev–Trinajstić information content (AvgIpc) is 4.05. The van der Waals surface area contributed by atoms with E-state index in [4.69, 9.17) is 44.3 Å². The molecule has 19 nitrogen and oxygen atoms in total. The van der Waals surface area contributed by atoms with Gasteiger partial charge in [0.2, 0.25) is 5.88 Å². The van der Waals surface area contributed by atoms with Gasteiger partial charge in [-0.1, -0.05) is 0 Å². The number of nitrogens with zero attached hydrogens (tertiary/aromatic N) is 9. The normalized spacial score (nSPS) is 16.8. The lowest BCUT2D eigenvalue weighted by molar-refractivity contribution is -0.193. The zero-order chi connectivity index (χ0) is 54.6. The Bertz CT molecular complexity index is 2550. The van der Waals surface area contributed by atoms with Gasteiger partial charge in [-0.2, -0.15) is 76.2 Å². The highest BCUT2D eigenvalue weighted by molar-refractivity contribution is 5.90. The minimum atomic E-state index is -5.08. The first kappa shape index (κ1) is 58.6. The van der Waals surface area contributed by atoms with E-state index in [0.717, 1.165) is 41.2 Å². The number of hydrogen-bond acceptors (Lipinski definition) is 12. The van der Waals surface area contributed by atoms with Gasteiger partial charge in [-0.25, -0.2) is 39.1 Å². The van der Waals surface area contributed by atoms with E-state index in [2.05, 4.69) is 41.0 Å². The number of carboxylic acids is 4. The van der Waals surface area contributed by atoms with Crippen molar-refractivity contribution < 1.29 is 110 Å². The zero-order valence-electron chi connectivity index (χ0n) is 35.6. The van der Waals surface area contributed by atoms with Gasteiger partial charge in [0.1, 0.15) is 29.3 Å². The highest BCUT2D eigenvalue weighted by atomic mass is 19.4. The Morgan fingerprint density at radius 2 is 1.32 bits per heavy atom. The van der Waals surface area contributed by atoms with Crippen molar-refractivity contribution in [3.63, 3.8) is 0 Å². The lowest BCUT2D eigenvalue weighted by Crippen LogP contribution is -2.65. The zero-order valence-corrected chi connectivity index (χ0v) is 35.6. The van der Waals surface area contributed by atoms with Gasteiger partial charge in [0.25, 0.3) is 0 Å². The van der Waals surface area contributed by atoms with Crippen LogP contribution in [-0.2, 0) is 37.4 Å². The summed E-state index contributed by atoms with van der Waals surface area (Å²) in [5.74, 6) is -11.0. The number of fused-ring (bicyclic) bond motifs is 1. The molecule has 34 heteroatoms. The molecule has 5 aromatic heterocycles. The van der Waals surface area contributed by atoms with Crippen LogP contribution < -0.4 is 4.74 Å². The van der Waals surface area contributed by atoms with Crippen LogP contribution in [0, 0.1) is 11.3 Å². The third kappa shape index (κ3) is 17.3. The number of alkyl halides is 15. The number of nitriles is 1. The molecule has 5 aromatic rings. The first-order chi connectivity index (χ1) is 33.1. The number of aliphatic carboxylic acids is 4. The Hall–Kier alpha value is -7.73. The highest BCUT2D eigenvalue weighted by Crippen LogP contribution is 2.39. The number of pyridine rings is 1. The molecule has 7 rings (SSSR count). The molecule has 1 aliphatic carbocycles. The molecule has 0 bridgehead atoms. The van der Waals surface area contributed by atoms with E-state index in [1.54, 1.807) is 35.6 Å². The second kappa shape index (κ2) is 23.5. The van der Waals surface area contributed by atoms with E-state index < -0.39 is 66.0 Å². The summed E-state index contributed by atoms with van der Waals surface area (Å²) in [7, 11) is 0. The maximum atomic E-state index is 13.6. The topological polar surface area (TPSA) is 276 Å². The second-order valence-corrected chi connectivity index (χ2v) is 14.8. The molecule has 1 saturated carbocycles. The molecule has 0 spiro atoms. The molecule has 6 heterocycles. The molecular weight excluding hydrogens is 1030 g/mol. The molecule has 72 heavy (non-hydrogen) atoms. The van der Waals surface area contributed by atoms with E-state index in [9.17, 15) is 71.1 Å². The van der Waals surface area contributed by atoms with Gasteiger partial charge < -0.3 is 34.7 Å². The number of carboxylic acid groups (broad SMARTS) is 4. The van der Waals surface area contributed by atoms with Crippen molar-refractivity contribution in [1.29, 1.82) is 5.26 Å². The first-order valence-corrected chi connectivity index (χ1v) is 19.4. The lowest BCUT2D eigenvalue weighted by atomic mass is 9.82. The van der Waals surface area contributed by atoms with Crippen molar-refractivity contribution >= 4 is 34.9 Å². The first-order valence-electron chi connectivity index (χ1n) is 19.4. The number of H-pyrrole nitrogens is 1. The quantitative estimate of drug-likeness (QED) is 0.0952. The van der Waals surface area contributed by atoms with Crippen LogP contribution in [0.2, 0.25) is 0 Å². The van der Waals surface area contributed by atoms with Crippen molar-refractivity contribution in [3.05, 3.63) is 73.1 Å². The van der Waals surface area contributed by atoms with Crippen molar-refractivity contribution in [1.82, 2.24) is 44.2 Å². The standard InChI is InChI=1S/C30H29F3N10O.4C2HF3O2/c31-30(32,33)25-11-20(14-41-10-9-35-19-41)12-26(40-25)44-23-3-1-22(2-4-23)42-16-29(17-42,6-7-34)43-15-21(13-39-43)27-24-5-8-36-28(24)38-18-37-27;4*3-2(4,5)1(6)7/h5,8-13,15,18-19,22-23H,1-4,6,14,16-17H2,(H,36,37,38);4*(H,6,7). The number of likely N-dealkylation sites (tertiary alicyclic amines) is 1. The molecule has 2 aliphatic rings. The van der Waals surface area contributed by atoms with Crippen LogP contribution in [0.1, 0.15) is 43.4 Å². The molecule has 1 saturated heterocycles. The van der Waals surface area contributed by atoms with Crippen molar-refractivity contribution in [2.24, 2.45) is 0 Å². The fourth-order valence-corrected chi connectivity index (χ4v) is 6.41. The maximum absolute atomic E-state index is 13.6. The number of carbonyl (C=O) groups is 4. The number of halogens is 15. The summed E-state index contributed by atoms with van der Waals surface area (Å²) in [6, 6.07) is 7.20. The number of imidazole rings is 1. The molecule has 5 N–H and O–H groups in total. The van der Waals surface area contributed by atoms with Crippen LogP contribution in [0.5, 0.6) is 5.88 Å². The van der Waals surface area contributed by atoms with Crippen LogP contribution in [0.25, 0.3) is 22.3 Å². The monoisotopic (exact) mass is 1060 g/mol. The molecule has 0 amide bonds. The summed E-state index contributed by atoms with van der Waals surface area (Å²) in [6.45, 7) is 1.61. The van der Waals surface area contributed by atoms with Crippen LogP contribution in [-0.4, -0.2) is 138 Å². The molecule has 0 radical (unpaired) electrons. The molecule has 0 unspecified atom stereocenters. The maximum Gasteiger partial charge on any atom is 0.490 e. The summed E-state index contributed by atoms with van der Waals surface area (Å²) < 4.78 is 177. The van der Waals surface area contributed by atoms with E-state index >= 15 is 0 Å². The van der Waals surface area contributed by atoms with E-state index in [0.29, 0.717) is 44.0 Å². The van der Waals surface area contributed by atoms with Crippen LogP contribution in [0.3, 0.4) is 0 Å². The Morgan fingerprint density at radius 1 is 0.792 bits per heavy atom. The third-order valence-corrected chi connectivity index (χ3v) is 9.59. The van der Waals surface area contributed by atoms with E-state index in [1.165, 1.54) is 6.33 Å². The Labute approximate surface area is 391 Å². The summed E-state index contributed by atoms with van der Waals surface area (Å²) in [5, 5.41) is 43.7. The van der Waals surface area contributed by atoms with Crippen molar-refractivity contribution in [2.75, 3.05) is 13.1 Å². The molecule has 2 fully saturated rings. The molecule has 394 valence electrons. The fraction of sp³-hybridized carbons (Fsp3) is 0.421. The SMILES string of the molecule is N#CCC1(n2cc(-c3ncnc4[nH]ccc34)cn2)CN(C2CCC(Oc3cc(Cn4ccnc4)cc(C(F)(F)F)n3)CC2)C1.O=C(O)C(F)(F)F.O=C(O)C(F)(F)F.O=C(O)C(F)(F)F.O=C(O)C(F)(F)F. The van der Waals surface area contributed by atoms with Gasteiger partial charge in [-0.05, 0) is 43.4 Å². The largest absolute Gasteiger partial charge is 0.490 e. The third-order valence-electron chi connectivity index (χ3n) is 9.59. The van der Waals surface area contributed by atoms with Gasteiger partial charge >= 0.3 is 54.8 Å². The fourth-order valence-electron chi connectivity index (χ4n) is 6.41. The average molecular weight is 1060 g/mol. The minimum absolute atomic E-state index is 0.00883. The van der Waals surface area contributed by atoms with Gasteiger partial charge in [-0.3, -0.25) is 9.58 Å². The Kier molecular flexibility index (Phi) is 19.1. The Balaban J connectivity index is 0.000000399. The predicted molar refractivity (Wildman–Crippen MR) is 207 cm³/mol. The number of nitrogens with one attached hydrogen (secondary N) is 1. The number of ether oxygens (including phenoxy) is 1. The summed E-state index contributed by atoms with van der Waals surface area (Å²) in [6.07, 6.45) is -9.81. The predicted octanol–water partition coefficient (Wildman–Crippen LogP) is 7.33. The summed E-state index contributed by atoms with van der Waals surface area (Å²) in [5.41, 5.74) is 1.45. The van der Waals surface area contributed by atoms with Gasteiger partial charge in [-0.15, -0.1) is 0 Å². The molecule has 1 aliphatic heterocycles. The van der Waals surface area contributed by atoms with E-state index in [1.807, 2.05) is 23.1 Å². The van der Waals surface area contributed by atoms with Crippen molar-refractivity contribution in [3.8, 4) is 23.2 Å². The number of hydrogen-bond donors (Lipinski definition) is 5.